The number of thioether (sulfide) groups is 1. The zero-order chi connectivity index (χ0) is 71.9. The number of aliphatic hydroxyl groups excluding tert-OH is 1. The van der Waals surface area contributed by atoms with Crippen molar-refractivity contribution in [1.29, 1.82) is 0 Å². The van der Waals surface area contributed by atoms with Crippen LogP contribution < -0.4 is 36.6 Å². The molecule has 1 saturated heterocycles. The minimum atomic E-state index is -1.04. The standard InChI is InChI=1S/C67H80ClN11O17S.I2/c1-40(2)59(74-65(89)94-31-30-93-28-25-78-56(83)34-54(97-5)63(78)87)52(82)32-44(9-7-21-70-64(69)88)61(85)71-46-15-11-42(12-16-46)39-95-66(90)75(4)22-23-76(24-27-92-29-26-80)67(91)96-53-33-51-58(57-41(3)8-6-10-49(53)57)45(35-68)36-79(51)62(86)50-38-77-37-47(17-20-55(77)73-50)72-60(84)43-13-18-48(81)19-14-43;1-2/h6,8,10-20,33,37-38,40,44-45,54,59,80-81H,7,9,21-32,34-36,39H2,1-5H3,(H,71,85)(H,72,84)(H,74,89)(H3,69,70,88);/t44-,45-,54?,59+;/m1./s1. The molecule has 28 nitrogen and oxygen atoms in total. The van der Waals surface area contributed by atoms with E-state index in [0.29, 0.717) is 39.2 Å². The van der Waals surface area contributed by atoms with Crippen molar-refractivity contribution in [2.24, 2.45) is 17.6 Å². The van der Waals surface area contributed by atoms with Crippen molar-refractivity contribution in [3.8, 4) is 11.5 Å². The highest BCUT2D eigenvalue weighted by Crippen LogP contribution is 2.47. The van der Waals surface area contributed by atoms with Crippen LogP contribution in [0.1, 0.15) is 83.0 Å². The number of imidazole rings is 1. The lowest BCUT2D eigenvalue weighted by atomic mass is 9.89. The smallest absolute Gasteiger partial charge is 0.415 e. The fraction of sp³-hybridized carbons (Fsp3) is 0.418. The molecule has 2 aromatic heterocycles. The molecule has 0 bridgehead atoms. The maximum Gasteiger partial charge on any atom is 0.415 e. The van der Waals surface area contributed by atoms with E-state index in [1.54, 1.807) is 84.3 Å². The minimum Gasteiger partial charge on any atom is -0.508 e. The molecule has 32 heteroatoms. The van der Waals surface area contributed by atoms with Gasteiger partial charge in [-0.15, -0.1) is 11.6 Å². The highest BCUT2D eigenvalue weighted by Gasteiger charge is 2.39. The largest absolute Gasteiger partial charge is 0.508 e. The second-order valence-corrected chi connectivity index (χ2v) is 24.8. The number of aryl methyl sites for hydroxylation is 1. The van der Waals surface area contributed by atoms with Crippen LogP contribution in [0.25, 0.3) is 16.4 Å². The molecule has 2 aliphatic heterocycles. The number of likely N-dealkylation sites (tertiary alicyclic amines) is 1. The summed E-state index contributed by atoms with van der Waals surface area (Å²) < 4.78 is 29.7. The number of rotatable bonds is 33. The number of ether oxygens (including phenoxy) is 5. The normalized spacial score (nSPS) is 14.6. The molecule has 1 unspecified atom stereocenters. The van der Waals surface area contributed by atoms with Crippen LogP contribution in [0.2, 0.25) is 0 Å². The average molecular weight is 1630 g/mol. The number of nitrogens with one attached hydrogen (secondary N) is 4. The third-order valence-electron chi connectivity index (χ3n) is 16.3. The molecule has 4 atom stereocenters. The van der Waals surface area contributed by atoms with Gasteiger partial charge < -0.3 is 80.0 Å². The lowest BCUT2D eigenvalue weighted by molar-refractivity contribution is -0.139. The molecule has 2 aliphatic rings. The third-order valence-corrected chi connectivity index (χ3v) is 17.6. The van der Waals surface area contributed by atoms with Gasteiger partial charge in [0.1, 0.15) is 36.1 Å². The van der Waals surface area contributed by atoms with Crippen molar-refractivity contribution in [1.82, 2.24) is 34.7 Å². The van der Waals surface area contributed by atoms with E-state index in [1.165, 1.54) is 52.9 Å². The van der Waals surface area contributed by atoms with Gasteiger partial charge in [0.05, 0.1) is 62.2 Å². The number of aromatic nitrogens is 2. The monoisotopic (exact) mass is 1630 g/mol. The number of carbonyl (C=O) groups is 10. The number of urea groups is 1. The van der Waals surface area contributed by atoms with E-state index < -0.39 is 70.9 Å². The second-order valence-electron chi connectivity index (χ2n) is 23.5. The first kappa shape index (κ1) is 78.3. The van der Waals surface area contributed by atoms with E-state index in [2.05, 4.69) is 63.5 Å². The average Bonchev–Trinajstić information content (AvgIpc) is 1.62. The molecule has 0 aliphatic carbocycles. The summed E-state index contributed by atoms with van der Waals surface area (Å²) in [5.74, 6) is -3.67. The summed E-state index contributed by atoms with van der Waals surface area (Å²) in [4.78, 5) is 142. The number of alkyl carbamates (subject to hydrolysis) is 1. The van der Waals surface area contributed by atoms with Gasteiger partial charge in [-0.2, -0.15) is 11.8 Å². The molecule has 532 valence electrons. The first-order chi connectivity index (χ1) is 47.6. The van der Waals surface area contributed by atoms with Crippen LogP contribution >= 0.6 is 60.6 Å². The summed E-state index contributed by atoms with van der Waals surface area (Å²) in [5, 5.41) is 30.7. The van der Waals surface area contributed by atoms with Gasteiger partial charge in [0.2, 0.25) is 17.7 Å². The SMILES string of the molecule is CSC1CC(=O)N(CCOCCOC(=O)N[C@H](C(=O)C[C@@H](CCCNC(N)=O)C(=O)Nc2ccc(COC(=O)N(C)CCN(CCOCCO)C(=O)Oc3cc4c(c5c(C)cccc35)[C@H](CCl)CN4C(=O)c3cn4cc(NC(=O)c5ccc(O)cc5)ccc4n3)cc2)C(C)C)C1=O.II. The van der Waals surface area contributed by atoms with E-state index in [-0.39, 0.29) is 152 Å². The van der Waals surface area contributed by atoms with E-state index in [9.17, 15) is 58.2 Å². The number of aliphatic hydroxyl groups is 1. The predicted octanol–water partition coefficient (Wildman–Crippen LogP) is 8.81. The number of nitrogens with zero attached hydrogens (tertiary/aromatic N) is 6. The van der Waals surface area contributed by atoms with Crippen molar-refractivity contribution in [3.63, 3.8) is 0 Å². The Morgan fingerprint density at radius 1 is 0.859 bits per heavy atom. The Labute approximate surface area is 604 Å². The summed E-state index contributed by atoms with van der Waals surface area (Å²) in [6.45, 7) is 5.05. The Hall–Kier alpha value is -8.09. The second kappa shape index (κ2) is 38.5. The van der Waals surface area contributed by atoms with Gasteiger partial charge in [0, 0.05) is 143 Å². The molecule has 8 N–H and O–H groups in total. The fourth-order valence-electron chi connectivity index (χ4n) is 11.1. The molecule has 8 rings (SSSR count). The van der Waals surface area contributed by atoms with Gasteiger partial charge in [-0.25, -0.2) is 24.2 Å². The number of alkyl halides is 1. The van der Waals surface area contributed by atoms with Gasteiger partial charge in [-0.1, -0.05) is 44.2 Å². The molecule has 6 aromatic rings. The number of likely N-dealkylation sites (N-methyl/N-ethyl adjacent to an activating group) is 1. The van der Waals surface area contributed by atoms with E-state index in [4.69, 9.17) is 41.0 Å². The summed E-state index contributed by atoms with van der Waals surface area (Å²) in [7, 11) is 1.49. The van der Waals surface area contributed by atoms with E-state index in [0.717, 1.165) is 21.4 Å². The number of phenols is 1. The van der Waals surface area contributed by atoms with Gasteiger partial charge in [-0.3, -0.25) is 33.7 Å². The van der Waals surface area contributed by atoms with Crippen LogP contribution in [0, 0.1) is 18.8 Å². The van der Waals surface area contributed by atoms with Crippen LogP contribution in [0.3, 0.4) is 0 Å². The molecule has 0 spiro atoms. The van der Waals surface area contributed by atoms with Crippen LogP contribution in [0.5, 0.6) is 11.5 Å². The number of phenolic OH excluding ortho intramolecular Hbond substituents is 1. The first-order valence-corrected chi connectivity index (χ1v) is 39.7. The van der Waals surface area contributed by atoms with Gasteiger partial charge in [0.25, 0.3) is 11.8 Å². The molecule has 0 radical (unpaired) electrons. The first-order valence-electron chi connectivity index (χ1n) is 31.6. The number of imide groups is 1. The van der Waals surface area contributed by atoms with Crippen molar-refractivity contribution in [2.75, 3.05) is 114 Å². The Morgan fingerprint density at radius 2 is 1.59 bits per heavy atom. The van der Waals surface area contributed by atoms with E-state index >= 15 is 0 Å². The summed E-state index contributed by atoms with van der Waals surface area (Å²) in [6, 6.07) is 20.9. The molecule has 4 aromatic carbocycles. The number of fused-ring (bicyclic) bond motifs is 4. The van der Waals surface area contributed by atoms with Crippen molar-refractivity contribution < 1.29 is 81.8 Å². The summed E-state index contributed by atoms with van der Waals surface area (Å²) in [6.07, 6.45) is 2.81. The zero-order valence-electron chi connectivity index (χ0n) is 55.2. The van der Waals surface area contributed by atoms with Gasteiger partial charge in [0.15, 0.2) is 5.78 Å². The van der Waals surface area contributed by atoms with Crippen LogP contribution in [0.4, 0.5) is 36.2 Å². The lowest BCUT2D eigenvalue weighted by Gasteiger charge is -2.26. The molecule has 1 fully saturated rings. The van der Waals surface area contributed by atoms with Crippen molar-refractivity contribution in [3.05, 3.63) is 125 Å². The molecule has 0 saturated carbocycles. The molecule has 4 heterocycles. The number of hydrogen-bond donors (Lipinski definition) is 7. The number of ketones is 1. The number of amides is 10. The molecule has 10 amide bonds. The number of nitrogens with two attached hydrogens (primary N) is 1. The molecular formula is C67H80ClI2N11O17S. The van der Waals surface area contributed by atoms with Crippen molar-refractivity contribution in [2.45, 2.75) is 70.3 Å². The zero-order valence-corrected chi connectivity index (χ0v) is 61.1. The number of aromatic hydroxyl groups is 1. The number of benzene rings is 4. The third kappa shape index (κ3) is 21.7. The topological polar surface area (TPSA) is 362 Å². The summed E-state index contributed by atoms with van der Waals surface area (Å²) in [5.41, 5.74) is 9.54. The molecular weight excluding hydrogens is 1550 g/mol. The van der Waals surface area contributed by atoms with Crippen LogP contribution in [-0.2, 0) is 44.7 Å². The van der Waals surface area contributed by atoms with Crippen LogP contribution in [0.15, 0.2) is 97.3 Å². The Balaban J connectivity index is 0.00000683. The number of hydrogen-bond acceptors (Lipinski definition) is 19. The number of anilines is 3. The van der Waals surface area contributed by atoms with Gasteiger partial charge in [-0.05, 0) is 103 Å². The van der Waals surface area contributed by atoms with E-state index in [1.807, 2.05) is 25.1 Å². The highest BCUT2D eigenvalue weighted by atomic mass is 128. The number of carbonyl (C=O) groups excluding carboxylic acids is 10. The van der Waals surface area contributed by atoms with Gasteiger partial charge >= 0.3 is 24.3 Å². The Bertz CT molecular complexity index is 3850. The number of primary amides is 1. The van der Waals surface area contributed by atoms with Crippen LogP contribution in [-0.4, -0.2) is 203 Å². The predicted molar refractivity (Wildman–Crippen MR) is 389 cm³/mol. The Morgan fingerprint density at radius 3 is 2.27 bits per heavy atom. The quantitative estimate of drug-likeness (QED) is 0.00875. The minimum absolute atomic E-state index is 0.00317. The highest BCUT2D eigenvalue weighted by molar-refractivity contribution is 15.0. The number of halogens is 3. The lowest BCUT2D eigenvalue weighted by Crippen LogP contribution is -2.46. The maximum atomic E-state index is 14.6. The molecule has 99 heavy (non-hydrogen) atoms. The maximum absolute atomic E-state index is 14.6. The van der Waals surface area contributed by atoms with Crippen molar-refractivity contribution >= 4 is 154 Å². The Kier molecular flexibility index (Phi) is 30.4. The number of pyridine rings is 1. The summed E-state index contributed by atoms with van der Waals surface area (Å²) >= 11 is 12.2. The fourth-order valence-corrected chi connectivity index (χ4v) is 12.0. The number of Topliss-reactive ketones (excluding diaryl/α,β-unsaturated/α-hetero) is 1.